The topological polar surface area (TPSA) is 20.3 Å². The smallest absolute Gasteiger partial charge is 0.258 e. The fraction of sp³-hybridized carbons (Fsp3) is 0.133. The van der Waals surface area contributed by atoms with Gasteiger partial charge in [-0.15, -0.1) is 23.1 Å². The highest BCUT2D eigenvalue weighted by molar-refractivity contribution is 8.03. The Kier molecular flexibility index (Phi) is 4.15. The first-order valence-electron chi connectivity index (χ1n) is 6.19. The molecule has 1 aliphatic rings. The van der Waals surface area contributed by atoms with Crippen LogP contribution in [-0.4, -0.2) is 23.1 Å². The zero-order chi connectivity index (χ0) is 13.9. The van der Waals surface area contributed by atoms with Crippen LogP contribution < -0.4 is 0 Å². The Labute approximate surface area is 131 Å². The van der Waals surface area contributed by atoms with E-state index < -0.39 is 0 Å². The maximum atomic E-state index is 12.6. The molecule has 1 amide bonds. The van der Waals surface area contributed by atoms with Crippen molar-refractivity contribution in [1.29, 1.82) is 0 Å². The quantitative estimate of drug-likeness (QED) is 0.806. The molecule has 3 rings (SSSR count). The van der Waals surface area contributed by atoms with Gasteiger partial charge in [-0.05, 0) is 35.7 Å². The van der Waals surface area contributed by atoms with Crippen LogP contribution >= 0.6 is 34.7 Å². The van der Waals surface area contributed by atoms with Crippen LogP contribution in [0.5, 0.6) is 0 Å². The van der Waals surface area contributed by atoms with E-state index in [1.165, 1.54) is 4.88 Å². The van der Waals surface area contributed by atoms with Crippen molar-refractivity contribution in [2.24, 2.45) is 0 Å². The third-order valence-electron chi connectivity index (χ3n) is 2.96. The van der Waals surface area contributed by atoms with Gasteiger partial charge in [0.1, 0.15) is 0 Å². The number of hydrogen-bond acceptors (Lipinski definition) is 3. The average molecular weight is 322 g/mol. The van der Waals surface area contributed by atoms with Gasteiger partial charge in [-0.25, -0.2) is 0 Å². The Balaban J connectivity index is 1.87. The van der Waals surface area contributed by atoms with Gasteiger partial charge in [0.05, 0.1) is 5.03 Å². The van der Waals surface area contributed by atoms with Gasteiger partial charge in [-0.2, -0.15) is 0 Å². The molecule has 0 saturated carbocycles. The van der Waals surface area contributed by atoms with E-state index in [-0.39, 0.29) is 5.91 Å². The molecule has 1 aromatic heterocycles. The molecule has 0 atom stereocenters. The van der Waals surface area contributed by atoms with E-state index in [0.717, 1.165) is 17.3 Å². The molecular formula is C15H12ClNOS2. The van der Waals surface area contributed by atoms with Crippen LogP contribution in [0.1, 0.15) is 15.2 Å². The van der Waals surface area contributed by atoms with E-state index in [9.17, 15) is 4.79 Å². The summed E-state index contributed by atoms with van der Waals surface area (Å²) in [5, 5.41) is 3.64. The maximum Gasteiger partial charge on any atom is 0.258 e. The number of nitrogens with zero attached hydrogens (tertiary/aromatic N) is 1. The summed E-state index contributed by atoms with van der Waals surface area (Å²) in [7, 11) is 0. The first kappa shape index (κ1) is 13.7. The summed E-state index contributed by atoms with van der Waals surface area (Å²) in [6.45, 7) is 0.743. The lowest BCUT2D eigenvalue weighted by atomic mass is 10.2. The molecule has 1 aliphatic heterocycles. The highest BCUT2D eigenvalue weighted by Crippen LogP contribution is 2.32. The zero-order valence-corrected chi connectivity index (χ0v) is 13.0. The summed E-state index contributed by atoms with van der Waals surface area (Å²) in [5.41, 5.74) is 0.636. The minimum atomic E-state index is 0.0142. The highest BCUT2D eigenvalue weighted by atomic mass is 35.5. The third kappa shape index (κ3) is 2.92. The van der Waals surface area contributed by atoms with Gasteiger partial charge < -0.3 is 4.90 Å². The number of amides is 1. The fourth-order valence-corrected chi connectivity index (χ4v) is 3.96. The van der Waals surface area contributed by atoms with E-state index in [4.69, 9.17) is 11.6 Å². The van der Waals surface area contributed by atoms with Crippen molar-refractivity contribution in [1.82, 2.24) is 4.90 Å². The molecule has 0 spiro atoms. The molecule has 0 unspecified atom stereocenters. The molecule has 0 aliphatic carbocycles. The number of hydrogen-bond donors (Lipinski definition) is 0. The van der Waals surface area contributed by atoms with E-state index >= 15 is 0 Å². The number of rotatable bonds is 2. The Morgan fingerprint density at radius 3 is 2.95 bits per heavy atom. The van der Waals surface area contributed by atoms with Crippen LogP contribution in [0, 0.1) is 0 Å². The van der Waals surface area contributed by atoms with Crippen molar-refractivity contribution >= 4 is 46.7 Å². The first-order chi connectivity index (χ1) is 9.74. The zero-order valence-electron chi connectivity index (χ0n) is 10.6. The predicted octanol–water partition coefficient (Wildman–Crippen LogP) is 4.59. The van der Waals surface area contributed by atoms with Crippen LogP contribution in [0.2, 0.25) is 5.02 Å². The molecule has 2 aromatic rings. The van der Waals surface area contributed by atoms with Gasteiger partial charge in [-0.3, -0.25) is 4.79 Å². The van der Waals surface area contributed by atoms with E-state index in [2.05, 4.69) is 12.1 Å². The fourth-order valence-electron chi connectivity index (χ4n) is 2.02. The highest BCUT2D eigenvalue weighted by Gasteiger charge is 2.25. The Morgan fingerprint density at radius 1 is 1.30 bits per heavy atom. The molecule has 5 heteroatoms. The number of thioether (sulfide) groups is 1. The van der Waals surface area contributed by atoms with Gasteiger partial charge >= 0.3 is 0 Å². The minimum absolute atomic E-state index is 0.0142. The number of carbonyl (C=O) groups excluding carboxylic acids is 1. The third-order valence-corrected chi connectivity index (χ3v) is 5.03. The molecule has 2 nitrogen and oxygen atoms in total. The number of thiophene rings is 1. The Hall–Kier alpha value is -1.23. The molecule has 0 N–H and O–H groups in total. The Bertz CT molecular complexity index is 652. The number of carbonyl (C=O) groups is 1. The lowest BCUT2D eigenvalue weighted by Gasteiger charge is -2.17. The van der Waals surface area contributed by atoms with Gasteiger partial charge in [0, 0.05) is 27.8 Å². The van der Waals surface area contributed by atoms with Gasteiger partial charge in [0.25, 0.3) is 5.91 Å². The summed E-state index contributed by atoms with van der Waals surface area (Å²) >= 11 is 9.35. The molecular weight excluding hydrogens is 310 g/mol. The van der Waals surface area contributed by atoms with Crippen LogP contribution in [0.4, 0.5) is 0 Å². The van der Waals surface area contributed by atoms with Crippen molar-refractivity contribution in [3.8, 4) is 0 Å². The standard InChI is InChI=1S/C15H12ClNOS2/c16-12-4-1-3-11(9-12)15(18)17-6-8-20-14(17)10-13-5-2-7-19-13/h1-5,7,9-10H,6,8H2/b14-10+. The second-order valence-electron chi connectivity index (χ2n) is 4.31. The SMILES string of the molecule is O=C(c1cccc(Cl)c1)N1CCS/C1=C/c1cccs1. The second-order valence-corrected chi connectivity index (χ2v) is 6.84. The first-order valence-corrected chi connectivity index (χ1v) is 8.44. The Morgan fingerprint density at radius 2 is 2.20 bits per heavy atom. The molecule has 1 saturated heterocycles. The summed E-state index contributed by atoms with van der Waals surface area (Å²) < 4.78 is 0. The maximum absolute atomic E-state index is 12.6. The van der Waals surface area contributed by atoms with E-state index in [1.54, 1.807) is 47.4 Å². The van der Waals surface area contributed by atoms with Crippen molar-refractivity contribution in [2.75, 3.05) is 12.3 Å². The summed E-state index contributed by atoms with van der Waals surface area (Å²) in [5.74, 6) is 0.948. The normalized spacial score (nSPS) is 16.9. The minimum Gasteiger partial charge on any atom is -0.302 e. The van der Waals surface area contributed by atoms with Crippen molar-refractivity contribution < 1.29 is 4.79 Å². The molecule has 2 heterocycles. The summed E-state index contributed by atoms with van der Waals surface area (Å²) in [4.78, 5) is 15.5. The second kappa shape index (κ2) is 6.04. The van der Waals surface area contributed by atoms with Crippen molar-refractivity contribution in [2.45, 2.75) is 0 Å². The average Bonchev–Trinajstić information content (AvgIpc) is 3.10. The van der Waals surface area contributed by atoms with Crippen LogP contribution in [-0.2, 0) is 0 Å². The number of halogens is 1. The van der Waals surface area contributed by atoms with E-state index in [1.807, 2.05) is 16.3 Å². The van der Waals surface area contributed by atoms with Crippen LogP contribution in [0.25, 0.3) is 6.08 Å². The summed E-state index contributed by atoms with van der Waals surface area (Å²) in [6, 6.07) is 11.2. The monoisotopic (exact) mass is 321 g/mol. The lowest BCUT2D eigenvalue weighted by molar-refractivity contribution is 0.0831. The molecule has 1 fully saturated rings. The number of benzene rings is 1. The summed E-state index contributed by atoms with van der Waals surface area (Å²) in [6.07, 6.45) is 2.07. The van der Waals surface area contributed by atoms with Gasteiger partial charge in [0.2, 0.25) is 0 Å². The molecule has 1 aromatic carbocycles. The van der Waals surface area contributed by atoms with E-state index in [0.29, 0.717) is 10.6 Å². The molecule has 0 radical (unpaired) electrons. The molecule has 102 valence electrons. The van der Waals surface area contributed by atoms with Gasteiger partial charge in [0.15, 0.2) is 0 Å². The largest absolute Gasteiger partial charge is 0.302 e. The van der Waals surface area contributed by atoms with Crippen LogP contribution in [0.3, 0.4) is 0 Å². The van der Waals surface area contributed by atoms with Gasteiger partial charge in [-0.1, -0.05) is 23.7 Å². The van der Waals surface area contributed by atoms with Crippen molar-refractivity contribution in [3.05, 3.63) is 62.3 Å². The molecule has 0 bridgehead atoms. The lowest BCUT2D eigenvalue weighted by Crippen LogP contribution is -2.26. The van der Waals surface area contributed by atoms with Crippen molar-refractivity contribution in [3.63, 3.8) is 0 Å². The molecule has 20 heavy (non-hydrogen) atoms. The van der Waals surface area contributed by atoms with Crippen LogP contribution in [0.15, 0.2) is 46.8 Å². The predicted molar refractivity (Wildman–Crippen MR) is 87.2 cm³/mol.